The highest BCUT2D eigenvalue weighted by molar-refractivity contribution is 5.92. The summed E-state index contributed by atoms with van der Waals surface area (Å²) in [5.41, 5.74) is 0.741. The molecule has 2 heterocycles. The van der Waals surface area contributed by atoms with Gasteiger partial charge >= 0.3 is 0 Å². The van der Waals surface area contributed by atoms with Crippen LogP contribution in [-0.4, -0.2) is 86.0 Å². The van der Waals surface area contributed by atoms with Crippen LogP contribution in [0.15, 0.2) is 24.3 Å². The number of hydrogen-bond acceptors (Lipinski definition) is 5. The van der Waals surface area contributed by atoms with E-state index in [1.54, 1.807) is 7.11 Å². The first kappa shape index (κ1) is 19.6. The molecule has 0 radical (unpaired) electrons. The number of carbonyl (C=O) groups excluding carboxylic acids is 2. The quantitative estimate of drug-likeness (QED) is 0.812. The van der Waals surface area contributed by atoms with Gasteiger partial charge in [0, 0.05) is 51.0 Å². The first-order chi connectivity index (χ1) is 13.1. The molecule has 0 bridgehead atoms. The van der Waals surface area contributed by atoms with Crippen LogP contribution >= 0.6 is 0 Å². The van der Waals surface area contributed by atoms with Crippen LogP contribution in [0.5, 0.6) is 5.75 Å². The third-order valence-corrected chi connectivity index (χ3v) is 5.25. The van der Waals surface area contributed by atoms with Gasteiger partial charge in [-0.1, -0.05) is 6.07 Å². The average molecular weight is 374 g/mol. The lowest BCUT2D eigenvalue weighted by molar-refractivity contribution is -0.134. The Morgan fingerprint density at radius 3 is 2.30 bits per heavy atom. The molecule has 2 fully saturated rings. The lowest BCUT2D eigenvalue weighted by Crippen LogP contribution is -2.51. The van der Waals surface area contributed by atoms with E-state index in [0.29, 0.717) is 13.1 Å². The van der Waals surface area contributed by atoms with Crippen molar-refractivity contribution >= 4 is 17.5 Å². The van der Waals surface area contributed by atoms with Crippen molar-refractivity contribution in [2.24, 2.45) is 0 Å². The Hall–Kier alpha value is -2.12. The van der Waals surface area contributed by atoms with E-state index in [0.717, 1.165) is 63.5 Å². The monoisotopic (exact) mass is 374 g/mol. The Bertz CT molecular complexity index is 638. The molecular weight excluding hydrogens is 344 g/mol. The average Bonchev–Trinajstić information content (AvgIpc) is 2.70. The number of nitrogens with zero attached hydrogens (tertiary/aromatic N) is 3. The molecule has 2 aliphatic rings. The van der Waals surface area contributed by atoms with Crippen molar-refractivity contribution in [2.75, 3.05) is 64.8 Å². The molecule has 2 aliphatic heterocycles. The van der Waals surface area contributed by atoms with Crippen LogP contribution in [0, 0.1) is 0 Å². The lowest BCUT2D eigenvalue weighted by atomic mass is 10.1. The number of anilines is 1. The summed E-state index contributed by atoms with van der Waals surface area (Å²) < 4.78 is 5.18. The van der Waals surface area contributed by atoms with Crippen LogP contribution < -0.4 is 10.1 Å². The van der Waals surface area contributed by atoms with Crippen molar-refractivity contribution in [3.63, 3.8) is 0 Å². The summed E-state index contributed by atoms with van der Waals surface area (Å²) >= 11 is 0. The Morgan fingerprint density at radius 1 is 0.963 bits per heavy atom. The number of hydrogen-bond donors (Lipinski definition) is 1. The highest BCUT2D eigenvalue weighted by atomic mass is 16.5. The highest BCUT2D eigenvalue weighted by Gasteiger charge is 2.23. The van der Waals surface area contributed by atoms with E-state index in [2.05, 4.69) is 15.1 Å². The predicted octanol–water partition coefficient (Wildman–Crippen LogP) is 1.26. The Morgan fingerprint density at radius 2 is 1.63 bits per heavy atom. The van der Waals surface area contributed by atoms with Crippen molar-refractivity contribution in [2.45, 2.75) is 19.3 Å². The van der Waals surface area contributed by atoms with Gasteiger partial charge in [-0.2, -0.15) is 0 Å². The number of carbonyl (C=O) groups is 2. The third kappa shape index (κ3) is 5.94. The van der Waals surface area contributed by atoms with Gasteiger partial charge in [-0.15, -0.1) is 0 Å². The molecule has 7 nitrogen and oxygen atoms in total. The van der Waals surface area contributed by atoms with Crippen LogP contribution in [0.2, 0.25) is 0 Å². The molecule has 0 saturated carbocycles. The fraction of sp³-hybridized carbons (Fsp3) is 0.600. The Kier molecular flexibility index (Phi) is 7.06. The number of methoxy groups -OCH3 is 1. The summed E-state index contributed by atoms with van der Waals surface area (Å²) in [5, 5.41) is 2.92. The van der Waals surface area contributed by atoms with E-state index in [1.165, 1.54) is 6.42 Å². The van der Waals surface area contributed by atoms with E-state index in [9.17, 15) is 9.59 Å². The summed E-state index contributed by atoms with van der Waals surface area (Å²) in [6.45, 7) is 5.94. The van der Waals surface area contributed by atoms with Crippen LogP contribution in [0.25, 0.3) is 0 Å². The number of likely N-dealkylation sites (tertiary alicyclic amines) is 1. The smallest absolute Gasteiger partial charge is 0.238 e. The van der Waals surface area contributed by atoms with Crippen LogP contribution in [-0.2, 0) is 9.59 Å². The number of benzene rings is 1. The topological polar surface area (TPSA) is 65.1 Å². The summed E-state index contributed by atoms with van der Waals surface area (Å²) in [4.78, 5) is 31.0. The number of piperidine rings is 1. The number of amides is 2. The van der Waals surface area contributed by atoms with Crippen molar-refractivity contribution in [3.05, 3.63) is 24.3 Å². The summed E-state index contributed by atoms with van der Waals surface area (Å²) in [6, 6.07) is 7.36. The second kappa shape index (κ2) is 9.71. The van der Waals surface area contributed by atoms with Gasteiger partial charge in [0.1, 0.15) is 5.75 Å². The second-order valence-corrected chi connectivity index (χ2v) is 7.27. The molecule has 1 aromatic rings. The van der Waals surface area contributed by atoms with Crippen LogP contribution in [0.4, 0.5) is 5.69 Å². The van der Waals surface area contributed by atoms with Gasteiger partial charge in [0.15, 0.2) is 0 Å². The van der Waals surface area contributed by atoms with Crippen molar-refractivity contribution < 1.29 is 14.3 Å². The number of piperazine rings is 1. The zero-order valence-electron chi connectivity index (χ0n) is 16.2. The van der Waals surface area contributed by atoms with Gasteiger partial charge < -0.3 is 15.0 Å². The standard InChI is InChI=1S/C20H30N4O3/c1-27-18-7-5-6-17(14-18)21-19(25)15-22-10-12-23(13-11-22)16-20(26)24-8-3-2-4-9-24/h5-7,14H,2-4,8-13,15-16H2,1H3,(H,21,25). The van der Waals surface area contributed by atoms with Crippen molar-refractivity contribution in [1.29, 1.82) is 0 Å². The molecule has 148 valence electrons. The van der Waals surface area contributed by atoms with E-state index in [4.69, 9.17) is 4.74 Å². The van der Waals surface area contributed by atoms with Gasteiger partial charge in [0.05, 0.1) is 20.2 Å². The first-order valence-corrected chi connectivity index (χ1v) is 9.80. The molecule has 7 heteroatoms. The molecule has 3 rings (SSSR count). The SMILES string of the molecule is COc1cccc(NC(=O)CN2CCN(CC(=O)N3CCCCC3)CC2)c1. The van der Waals surface area contributed by atoms with Gasteiger partial charge in [-0.3, -0.25) is 19.4 Å². The minimum atomic E-state index is -0.0268. The van der Waals surface area contributed by atoms with E-state index in [-0.39, 0.29) is 11.8 Å². The highest BCUT2D eigenvalue weighted by Crippen LogP contribution is 2.16. The maximum Gasteiger partial charge on any atom is 0.238 e. The molecule has 0 unspecified atom stereocenters. The fourth-order valence-corrected chi connectivity index (χ4v) is 3.64. The summed E-state index contributed by atoms with van der Waals surface area (Å²) in [7, 11) is 1.61. The second-order valence-electron chi connectivity index (χ2n) is 7.27. The molecule has 2 amide bonds. The molecule has 27 heavy (non-hydrogen) atoms. The lowest BCUT2D eigenvalue weighted by Gasteiger charge is -2.35. The number of rotatable bonds is 6. The summed E-state index contributed by atoms with van der Waals surface area (Å²) in [5.74, 6) is 0.944. The van der Waals surface area contributed by atoms with Gasteiger partial charge in [0.2, 0.25) is 11.8 Å². The third-order valence-electron chi connectivity index (χ3n) is 5.25. The molecule has 1 N–H and O–H groups in total. The molecule has 0 aliphatic carbocycles. The zero-order valence-corrected chi connectivity index (χ0v) is 16.2. The fourth-order valence-electron chi connectivity index (χ4n) is 3.64. The van der Waals surface area contributed by atoms with E-state index >= 15 is 0 Å². The largest absolute Gasteiger partial charge is 0.497 e. The van der Waals surface area contributed by atoms with Crippen LogP contribution in [0.1, 0.15) is 19.3 Å². The molecule has 1 aromatic carbocycles. The molecule has 0 atom stereocenters. The van der Waals surface area contributed by atoms with Crippen molar-refractivity contribution in [1.82, 2.24) is 14.7 Å². The Balaban J connectivity index is 1.38. The van der Waals surface area contributed by atoms with E-state index < -0.39 is 0 Å². The normalized spacial score (nSPS) is 18.9. The Labute approximate surface area is 161 Å². The maximum absolute atomic E-state index is 12.4. The van der Waals surface area contributed by atoms with Gasteiger partial charge in [-0.25, -0.2) is 0 Å². The molecule has 0 aromatic heterocycles. The van der Waals surface area contributed by atoms with Gasteiger partial charge in [-0.05, 0) is 31.4 Å². The zero-order chi connectivity index (χ0) is 19.1. The minimum absolute atomic E-state index is 0.0268. The summed E-state index contributed by atoms with van der Waals surface area (Å²) in [6.07, 6.45) is 3.49. The van der Waals surface area contributed by atoms with Gasteiger partial charge in [0.25, 0.3) is 0 Å². The van der Waals surface area contributed by atoms with E-state index in [1.807, 2.05) is 29.2 Å². The first-order valence-electron chi connectivity index (χ1n) is 9.80. The molecular formula is C20H30N4O3. The predicted molar refractivity (Wildman–Crippen MR) is 105 cm³/mol. The number of nitrogens with one attached hydrogen (secondary N) is 1. The number of ether oxygens (including phenoxy) is 1. The molecule has 2 saturated heterocycles. The molecule has 0 spiro atoms. The van der Waals surface area contributed by atoms with Crippen LogP contribution in [0.3, 0.4) is 0 Å². The van der Waals surface area contributed by atoms with Crippen molar-refractivity contribution in [3.8, 4) is 5.75 Å². The minimum Gasteiger partial charge on any atom is -0.497 e. The maximum atomic E-state index is 12.4.